The zero-order chi connectivity index (χ0) is 13.9. The summed E-state index contributed by atoms with van der Waals surface area (Å²) in [4.78, 5) is 18.8. The van der Waals surface area contributed by atoms with Gasteiger partial charge in [-0.1, -0.05) is 6.07 Å². The molecule has 5 heteroatoms. The van der Waals surface area contributed by atoms with Gasteiger partial charge in [0.25, 0.3) is 0 Å². The summed E-state index contributed by atoms with van der Waals surface area (Å²) >= 11 is 0. The average Bonchev–Trinajstić information content (AvgIpc) is 2.69. The Morgan fingerprint density at radius 2 is 1.95 bits per heavy atom. The number of benzene rings is 1. The van der Waals surface area contributed by atoms with Gasteiger partial charge in [0, 0.05) is 7.05 Å². The zero-order valence-electron chi connectivity index (χ0n) is 11.9. The van der Waals surface area contributed by atoms with Crippen LogP contribution in [-0.2, 0) is 0 Å². The first-order chi connectivity index (χ1) is 8.83. The fraction of sp³-hybridized carbons (Fsp3) is 0.429. The van der Waals surface area contributed by atoms with Gasteiger partial charge in [0.05, 0.1) is 11.0 Å². The molecular formula is C14H18N4O. The number of carbonyl (C=O) groups excluding carboxylic acids is 1. The average molecular weight is 258 g/mol. The van der Waals surface area contributed by atoms with Gasteiger partial charge in [0.1, 0.15) is 5.66 Å². The maximum atomic E-state index is 12.5. The van der Waals surface area contributed by atoms with E-state index < -0.39 is 5.66 Å². The van der Waals surface area contributed by atoms with Crippen LogP contribution in [0.3, 0.4) is 0 Å². The smallest absolute Gasteiger partial charge is 0.333 e. The lowest BCUT2D eigenvalue weighted by molar-refractivity contribution is 0.164. The number of amides is 1. The second kappa shape index (κ2) is 3.50. The van der Waals surface area contributed by atoms with Gasteiger partial charge < -0.3 is 10.2 Å². The number of aryl methyl sites for hydroxylation is 2. The van der Waals surface area contributed by atoms with Crippen molar-refractivity contribution in [3.8, 4) is 0 Å². The molecule has 3 rings (SSSR count). The zero-order valence-corrected chi connectivity index (χ0v) is 11.9. The number of carbonyl (C=O) groups is 1. The second-order valence-electron chi connectivity index (χ2n) is 5.67. The Morgan fingerprint density at radius 1 is 1.26 bits per heavy atom. The van der Waals surface area contributed by atoms with Gasteiger partial charge in [-0.2, -0.15) is 0 Å². The van der Waals surface area contributed by atoms with Crippen LogP contribution in [0, 0.1) is 13.8 Å². The molecule has 1 N–H and O–H groups in total. The van der Waals surface area contributed by atoms with Crippen LogP contribution >= 0.6 is 0 Å². The van der Waals surface area contributed by atoms with Gasteiger partial charge in [-0.25, -0.2) is 14.3 Å². The van der Waals surface area contributed by atoms with Crippen molar-refractivity contribution in [3.05, 3.63) is 23.3 Å². The molecule has 1 aromatic carbocycles. The van der Waals surface area contributed by atoms with Crippen molar-refractivity contribution >= 4 is 23.0 Å². The third-order valence-electron chi connectivity index (χ3n) is 4.09. The number of anilines is 1. The van der Waals surface area contributed by atoms with E-state index in [0.717, 1.165) is 16.6 Å². The maximum absolute atomic E-state index is 12.5. The number of hydrogen-bond donors (Lipinski definition) is 1. The Labute approximate surface area is 112 Å². The molecule has 0 atom stereocenters. The van der Waals surface area contributed by atoms with Crippen molar-refractivity contribution in [2.24, 2.45) is 0 Å². The maximum Gasteiger partial charge on any atom is 0.333 e. The number of nitrogens with one attached hydrogen (secondary N) is 1. The van der Waals surface area contributed by atoms with E-state index in [2.05, 4.69) is 17.2 Å². The number of nitrogens with zero attached hydrogens (tertiary/aromatic N) is 3. The van der Waals surface area contributed by atoms with E-state index in [-0.39, 0.29) is 6.03 Å². The Hall–Kier alpha value is -2.04. The lowest BCUT2D eigenvalue weighted by atomic mass is 10.1. The van der Waals surface area contributed by atoms with Gasteiger partial charge in [0.2, 0.25) is 5.95 Å². The molecule has 1 aliphatic heterocycles. The monoisotopic (exact) mass is 258 g/mol. The molecule has 2 heterocycles. The molecule has 100 valence electrons. The number of fused-ring (bicyclic) bond motifs is 3. The first-order valence-corrected chi connectivity index (χ1v) is 6.38. The summed E-state index contributed by atoms with van der Waals surface area (Å²) in [5, 5.41) is 3.31. The summed E-state index contributed by atoms with van der Waals surface area (Å²) in [5.41, 5.74) is 3.62. The Morgan fingerprint density at radius 3 is 2.63 bits per heavy atom. The molecule has 0 spiro atoms. The van der Waals surface area contributed by atoms with Crippen LogP contribution in [-0.4, -0.2) is 33.2 Å². The third kappa shape index (κ3) is 1.47. The molecule has 2 aromatic rings. The lowest BCUT2D eigenvalue weighted by Crippen LogP contribution is -2.56. The number of aromatic nitrogens is 2. The standard InChI is InChI=1S/C14H18N4O/c1-8-6-7-10-11(9(8)2)15-12-16-14(3,4)17(5)13(19)18(10)12/h6-7H,1-5H3,(H,15,16). The van der Waals surface area contributed by atoms with Gasteiger partial charge in [-0.3, -0.25) is 0 Å². The number of hydrogen-bond acceptors (Lipinski definition) is 3. The molecule has 5 nitrogen and oxygen atoms in total. The molecule has 0 saturated carbocycles. The summed E-state index contributed by atoms with van der Waals surface area (Å²) in [6, 6.07) is 3.93. The van der Waals surface area contributed by atoms with E-state index in [0.29, 0.717) is 5.95 Å². The largest absolute Gasteiger partial charge is 0.333 e. The minimum atomic E-state index is -0.433. The van der Waals surface area contributed by atoms with Crippen LogP contribution in [0.4, 0.5) is 10.7 Å². The molecule has 1 aromatic heterocycles. The van der Waals surface area contributed by atoms with Crippen molar-refractivity contribution in [3.63, 3.8) is 0 Å². The normalized spacial score (nSPS) is 17.5. The van der Waals surface area contributed by atoms with Crippen molar-refractivity contribution in [2.75, 3.05) is 12.4 Å². The van der Waals surface area contributed by atoms with Gasteiger partial charge >= 0.3 is 6.03 Å². The van der Waals surface area contributed by atoms with Crippen molar-refractivity contribution in [1.82, 2.24) is 14.5 Å². The highest BCUT2D eigenvalue weighted by atomic mass is 16.2. The Bertz CT molecular complexity index is 699. The Kier molecular flexibility index (Phi) is 2.21. The topological polar surface area (TPSA) is 50.2 Å². The van der Waals surface area contributed by atoms with Crippen LogP contribution < -0.4 is 5.32 Å². The van der Waals surface area contributed by atoms with E-state index in [4.69, 9.17) is 0 Å². The van der Waals surface area contributed by atoms with Crippen molar-refractivity contribution in [2.45, 2.75) is 33.4 Å². The summed E-state index contributed by atoms with van der Waals surface area (Å²) in [6.07, 6.45) is 0. The minimum absolute atomic E-state index is 0.0514. The van der Waals surface area contributed by atoms with E-state index in [1.807, 2.05) is 32.9 Å². The SMILES string of the molecule is Cc1ccc2c(nc3n2C(=O)N(C)C(C)(C)N3)c1C. The van der Waals surface area contributed by atoms with Gasteiger partial charge in [-0.05, 0) is 44.9 Å². The van der Waals surface area contributed by atoms with E-state index in [1.165, 1.54) is 5.56 Å². The predicted octanol–water partition coefficient (Wildman–Crippen LogP) is 2.71. The Balaban J connectivity index is 2.34. The minimum Gasteiger partial charge on any atom is -0.333 e. The first kappa shape index (κ1) is 12.0. The van der Waals surface area contributed by atoms with Crippen LogP contribution in [0.1, 0.15) is 25.0 Å². The molecule has 19 heavy (non-hydrogen) atoms. The molecule has 0 radical (unpaired) electrons. The van der Waals surface area contributed by atoms with Crippen LogP contribution in [0.2, 0.25) is 0 Å². The molecule has 1 amide bonds. The number of rotatable bonds is 0. The third-order valence-corrected chi connectivity index (χ3v) is 4.09. The van der Waals surface area contributed by atoms with Gasteiger partial charge in [0.15, 0.2) is 0 Å². The summed E-state index contributed by atoms with van der Waals surface area (Å²) in [5.74, 6) is 0.622. The fourth-order valence-corrected chi connectivity index (χ4v) is 2.40. The molecule has 1 aliphatic rings. The lowest BCUT2D eigenvalue weighted by Gasteiger charge is -2.40. The molecular weight excluding hydrogens is 240 g/mol. The summed E-state index contributed by atoms with van der Waals surface area (Å²) in [7, 11) is 1.80. The van der Waals surface area contributed by atoms with Crippen molar-refractivity contribution < 1.29 is 4.79 Å². The molecule has 0 aliphatic carbocycles. The quantitative estimate of drug-likeness (QED) is 0.790. The molecule has 0 fully saturated rings. The summed E-state index contributed by atoms with van der Waals surface area (Å²) < 4.78 is 1.65. The van der Waals surface area contributed by atoms with E-state index in [1.54, 1.807) is 16.5 Å². The predicted molar refractivity (Wildman–Crippen MR) is 75.5 cm³/mol. The van der Waals surface area contributed by atoms with Crippen LogP contribution in [0.15, 0.2) is 12.1 Å². The molecule has 0 bridgehead atoms. The van der Waals surface area contributed by atoms with Crippen LogP contribution in [0.25, 0.3) is 11.0 Å². The second-order valence-corrected chi connectivity index (χ2v) is 5.67. The molecule has 0 saturated heterocycles. The van der Waals surface area contributed by atoms with Crippen molar-refractivity contribution in [1.29, 1.82) is 0 Å². The fourth-order valence-electron chi connectivity index (χ4n) is 2.40. The van der Waals surface area contributed by atoms with Gasteiger partial charge in [-0.15, -0.1) is 0 Å². The van der Waals surface area contributed by atoms with E-state index >= 15 is 0 Å². The van der Waals surface area contributed by atoms with Crippen LogP contribution in [0.5, 0.6) is 0 Å². The molecule has 0 unspecified atom stereocenters. The summed E-state index contributed by atoms with van der Waals surface area (Å²) in [6.45, 7) is 8.02. The number of imidazole rings is 1. The first-order valence-electron chi connectivity index (χ1n) is 6.38. The van der Waals surface area contributed by atoms with E-state index in [9.17, 15) is 4.79 Å². The highest BCUT2D eigenvalue weighted by Gasteiger charge is 2.37. The highest BCUT2D eigenvalue weighted by Crippen LogP contribution is 2.31. The highest BCUT2D eigenvalue weighted by molar-refractivity contribution is 5.96.